The predicted molar refractivity (Wildman–Crippen MR) is 59.3 cm³/mol. The summed E-state index contributed by atoms with van der Waals surface area (Å²) in [5.74, 6) is -0.913. The second-order valence-electron chi connectivity index (χ2n) is 4.50. The molecule has 0 aliphatic carbocycles. The summed E-state index contributed by atoms with van der Waals surface area (Å²) in [6.07, 6.45) is 0.973. The van der Waals surface area contributed by atoms with Crippen LogP contribution in [0.3, 0.4) is 0 Å². The largest absolute Gasteiger partial charge is 0.479 e. The topological polar surface area (TPSA) is 70.0 Å². The fourth-order valence-corrected chi connectivity index (χ4v) is 2.06. The minimum Gasteiger partial charge on any atom is -0.479 e. The Labute approximate surface area is 96.0 Å². The summed E-state index contributed by atoms with van der Waals surface area (Å²) >= 11 is 0. The van der Waals surface area contributed by atoms with E-state index in [4.69, 9.17) is 9.84 Å². The van der Waals surface area contributed by atoms with Crippen LogP contribution in [0.1, 0.15) is 26.7 Å². The van der Waals surface area contributed by atoms with Gasteiger partial charge in [0, 0.05) is 19.1 Å². The normalized spacial score (nSPS) is 21.2. The van der Waals surface area contributed by atoms with E-state index >= 15 is 0 Å². The number of aliphatic hydroxyl groups excluding tert-OH is 1. The van der Waals surface area contributed by atoms with Crippen LogP contribution in [-0.4, -0.2) is 59.0 Å². The Kier molecular flexibility index (Phi) is 4.70. The molecule has 0 aromatic rings. The maximum atomic E-state index is 11.2. The van der Waals surface area contributed by atoms with E-state index in [2.05, 4.69) is 18.7 Å². The number of piperidine rings is 1. The molecule has 5 nitrogen and oxygen atoms in total. The quantitative estimate of drug-likeness (QED) is 0.713. The zero-order valence-electron chi connectivity index (χ0n) is 9.98. The Morgan fingerprint density at radius 3 is 2.38 bits per heavy atom. The molecule has 0 bridgehead atoms. The average Bonchev–Trinajstić information content (AvgIpc) is 2.26. The molecule has 0 aromatic heterocycles. The molecule has 1 aliphatic heterocycles. The number of carbonyl (C=O) groups is 1. The van der Waals surface area contributed by atoms with Gasteiger partial charge in [-0.05, 0) is 26.7 Å². The fourth-order valence-electron chi connectivity index (χ4n) is 2.06. The zero-order valence-corrected chi connectivity index (χ0v) is 9.98. The van der Waals surface area contributed by atoms with Crippen molar-refractivity contribution >= 4 is 5.97 Å². The zero-order chi connectivity index (χ0) is 12.2. The molecule has 0 radical (unpaired) electrons. The van der Waals surface area contributed by atoms with Crippen LogP contribution in [0.4, 0.5) is 0 Å². The molecule has 16 heavy (non-hydrogen) atoms. The van der Waals surface area contributed by atoms with E-state index in [0.29, 0.717) is 18.9 Å². The fraction of sp³-hybridized carbons (Fsp3) is 0.909. The van der Waals surface area contributed by atoms with Gasteiger partial charge < -0.3 is 19.8 Å². The van der Waals surface area contributed by atoms with Crippen LogP contribution in [0.2, 0.25) is 0 Å². The van der Waals surface area contributed by atoms with Gasteiger partial charge in [-0.1, -0.05) is 0 Å². The monoisotopic (exact) mass is 231 g/mol. The molecule has 0 saturated carbocycles. The third-order valence-corrected chi connectivity index (χ3v) is 3.20. The van der Waals surface area contributed by atoms with Crippen molar-refractivity contribution in [2.24, 2.45) is 0 Å². The molecule has 0 amide bonds. The number of hydrogen-bond donors (Lipinski definition) is 2. The first-order chi connectivity index (χ1) is 7.52. The Hall–Kier alpha value is -0.650. The minimum absolute atomic E-state index is 0.0912. The number of ether oxygens (including phenoxy) is 1. The second kappa shape index (κ2) is 5.61. The summed E-state index contributed by atoms with van der Waals surface area (Å²) in [5.41, 5.74) is -1.09. The van der Waals surface area contributed by atoms with E-state index in [1.807, 2.05) is 0 Å². The summed E-state index contributed by atoms with van der Waals surface area (Å²) in [4.78, 5) is 13.5. The summed E-state index contributed by atoms with van der Waals surface area (Å²) in [7, 11) is 0. The summed E-state index contributed by atoms with van der Waals surface area (Å²) in [5, 5.41) is 17.9. The molecule has 1 rings (SSSR count). The molecule has 0 atom stereocenters. The maximum Gasteiger partial charge on any atom is 0.336 e. The lowest BCUT2D eigenvalue weighted by Crippen LogP contribution is -2.52. The van der Waals surface area contributed by atoms with Gasteiger partial charge in [0.2, 0.25) is 0 Å². The van der Waals surface area contributed by atoms with Crippen molar-refractivity contribution in [2.75, 3.05) is 26.3 Å². The van der Waals surface area contributed by atoms with Crippen LogP contribution in [0, 0.1) is 0 Å². The highest BCUT2D eigenvalue weighted by Crippen LogP contribution is 2.27. The Balaban J connectivity index is 2.59. The van der Waals surface area contributed by atoms with Gasteiger partial charge in [-0.3, -0.25) is 0 Å². The molecule has 0 unspecified atom stereocenters. The highest BCUT2D eigenvalue weighted by atomic mass is 16.5. The molecule has 5 heteroatoms. The van der Waals surface area contributed by atoms with Gasteiger partial charge in [0.05, 0.1) is 13.2 Å². The number of carboxylic acid groups (broad SMARTS) is 1. The SMILES string of the molecule is CC(C)N1CCC(OCCO)(C(=O)O)CC1. The molecule has 2 N–H and O–H groups in total. The van der Waals surface area contributed by atoms with Crippen LogP contribution >= 0.6 is 0 Å². The highest BCUT2D eigenvalue weighted by Gasteiger charge is 2.42. The molecule has 1 aliphatic rings. The Morgan fingerprint density at radius 1 is 1.44 bits per heavy atom. The van der Waals surface area contributed by atoms with Crippen molar-refractivity contribution in [3.05, 3.63) is 0 Å². The number of aliphatic carboxylic acids is 1. The van der Waals surface area contributed by atoms with Gasteiger partial charge in [0.1, 0.15) is 0 Å². The lowest BCUT2D eigenvalue weighted by Gasteiger charge is -2.40. The standard InChI is InChI=1S/C11H21NO4/c1-9(2)12-5-3-11(4-6-12,10(14)15)16-8-7-13/h9,13H,3-8H2,1-2H3,(H,14,15). The molecular formula is C11H21NO4. The number of aliphatic hydroxyl groups is 1. The lowest BCUT2D eigenvalue weighted by atomic mass is 9.90. The number of carboxylic acids is 1. The van der Waals surface area contributed by atoms with E-state index in [0.717, 1.165) is 13.1 Å². The first-order valence-electron chi connectivity index (χ1n) is 5.74. The van der Waals surface area contributed by atoms with Crippen molar-refractivity contribution < 1.29 is 19.7 Å². The molecule has 94 valence electrons. The average molecular weight is 231 g/mol. The number of rotatable bonds is 5. The van der Waals surface area contributed by atoms with E-state index in [1.54, 1.807) is 0 Å². The van der Waals surface area contributed by atoms with Crippen LogP contribution in [-0.2, 0) is 9.53 Å². The first-order valence-corrected chi connectivity index (χ1v) is 5.74. The number of likely N-dealkylation sites (tertiary alicyclic amines) is 1. The van der Waals surface area contributed by atoms with Crippen LogP contribution in [0.25, 0.3) is 0 Å². The number of hydrogen-bond acceptors (Lipinski definition) is 4. The van der Waals surface area contributed by atoms with Gasteiger partial charge in [-0.15, -0.1) is 0 Å². The van der Waals surface area contributed by atoms with Crippen molar-refractivity contribution in [3.63, 3.8) is 0 Å². The molecule has 1 saturated heterocycles. The smallest absolute Gasteiger partial charge is 0.336 e. The van der Waals surface area contributed by atoms with Crippen LogP contribution in [0.5, 0.6) is 0 Å². The Bertz CT molecular complexity index is 234. The second-order valence-corrected chi connectivity index (χ2v) is 4.50. The van der Waals surface area contributed by atoms with Gasteiger partial charge in [0.25, 0.3) is 0 Å². The summed E-state index contributed by atoms with van der Waals surface area (Å²) < 4.78 is 5.33. The van der Waals surface area contributed by atoms with Crippen molar-refractivity contribution in [3.8, 4) is 0 Å². The predicted octanol–water partition coefficient (Wildman–Crippen LogP) is 0.323. The minimum atomic E-state index is -1.09. The van der Waals surface area contributed by atoms with E-state index in [-0.39, 0.29) is 13.2 Å². The van der Waals surface area contributed by atoms with E-state index < -0.39 is 11.6 Å². The molecular weight excluding hydrogens is 210 g/mol. The maximum absolute atomic E-state index is 11.2. The van der Waals surface area contributed by atoms with E-state index in [1.165, 1.54) is 0 Å². The van der Waals surface area contributed by atoms with Crippen molar-refractivity contribution in [2.45, 2.75) is 38.3 Å². The first kappa shape index (κ1) is 13.4. The molecule has 0 aromatic carbocycles. The Morgan fingerprint density at radius 2 is 2.00 bits per heavy atom. The third kappa shape index (κ3) is 2.93. The van der Waals surface area contributed by atoms with Gasteiger partial charge >= 0.3 is 5.97 Å². The lowest BCUT2D eigenvalue weighted by molar-refractivity contribution is -0.175. The third-order valence-electron chi connectivity index (χ3n) is 3.20. The molecule has 1 heterocycles. The van der Waals surface area contributed by atoms with Crippen molar-refractivity contribution in [1.29, 1.82) is 0 Å². The molecule has 0 spiro atoms. The summed E-state index contributed by atoms with van der Waals surface area (Å²) in [6.45, 7) is 5.62. The summed E-state index contributed by atoms with van der Waals surface area (Å²) in [6, 6.07) is 0.435. The van der Waals surface area contributed by atoms with Crippen molar-refractivity contribution in [1.82, 2.24) is 4.90 Å². The molecule has 1 fully saturated rings. The van der Waals surface area contributed by atoms with Gasteiger partial charge in [-0.2, -0.15) is 0 Å². The van der Waals surface area contributed by atoms with Crippen LogP contribution < -0.4 is 0 Å². The van der Waals surface area contributed by atoms with E-state index in [9.17, 15) is 9.90 Å². The van der Waals surface area contributed by atoms with Gasteiger partial charge in [-0.25, -0.2) is 4.79 Å². The van der Waals surface area contributed by atoms with Crippen LogP contribution in [0.15, 0.2) is 0 Å². The number of nitrogens with zero attached hydrogens (tertiary/aromatic N) is 1. The highest BCUT2D eigenvalue weighted by molar-refractivity contribution is 5.77. The van der Waals surface area contributed by atoms with Gasteiger partial charge in [0.15, 0.2) is 5.60 Å².